The first-order valence-corrected chi connectivity index (χ1v) is 5.28. The second-order valence-corrected chi connectivity index (χ2v) is 4.06. The Morgan fingerprint density at radius 2 is 2.21 bits per heavy atom. The quantitative estimate of drug-likeness (QED) is 0.707. The summed E-state index contributed by atoms with van der Waals surface area (Å²) in [5.74, 6) is 0. The van der Waals surface area contributed by atoms with Crippen molar-refractivity contribution < 1.29 is 0 Å². The van der Waals surface area contributed by atoms with Crippen molar-refractivity contribution in [2.45, 2.75) is 32.2 Å². The summed E-state index contributed by atoms with van der Waals surface area (Å²) >= 11 is 0. The largest absolute Gasteiger partial charge is 0.321 e. The number of benzene rings is 1. The smallest absolute Gasteiger partial charge is 0.0511 e. The fraction of sp³-hybridized carbons (Fsp3) is 0.385. The van der Waals surface area contributed by atoms with E-state index in [2.05, 4.69) is 37.3 Å². The molecule has 2 rings (SSSR count). The molecular formula is C13H17N. The third-order valence-corrected chi connectivity index (χ3v) is 2.88. The zero-order chi connectivity index (χ0) is 9.97. The van der Waals surface area contributed by atoms with Crippen molar-refractivity contribution in [3.05, 3.63) is 47.0 Å². The molecule has 14 heavy (non-hydrogen) atoms. The van der Waals surface area contributed by atoms with Gasteiger partial charge in [-0.3, -0.25) is 0 Å². The maximum atomic E-state index is 6.20. The minimum absolute atomic E-state index is 0.123. The predicted molar refractivity (Wildman–Crippen MR) is 60.0 cm³/mol. The summed E-state index contributed by atoms with van der Waals surface area (Å²) in [6.45, 7) is 2.11. The van der Waals surface area contributed by atoms with E-state index in [0.717, 1.165) is 0 Å². The van der Waals surface area contributed by atoms with Gasteiger partial charge in [0, 0.05) is 0 Å². The van der Waals surface area contributed by atoms with Crippen molar-refractivity contribution in [1.82, 2.24) is 0 Å². The lowest BCUT2D eigenvalue weighted by Gasteiger charge is -2.13. The van der Waals surface area contributed by atoms with Gasteiger partial charge in [0.05, 0.1) is 6.04 Å². The van der Waals surface area contributed by atoms with Gasteiger partial charge in [-0.05, 0) is 31.7 Å². The van der Waals surface area contributed by atoms with Crippen LogP contribution in [0, 0.1) is 6.92 Å². The van der Waals surface area contributed by atoms with Gasteiger partial charge in [0.25, 0.3) is 0 Å². The molecular weight excluding hydrogens is 170 g/mol. The molecule has 0 saturated heterocycles. The lowest BCUT2D eigenvalue weighted by molar-refractivity contribution is 0.784. The summed E-state index contributed by atoms with van der Waals surface area (Å²) in [5.41, 5.74) is 10.2. The summed E-state index contributed by atoms with van der Waals surface area (Å²) in [7, 11) is 0. The molecule has 1 unspecified atom stereocenters. The van der Waals surface area contributed by atoms with E-state index in [9.17, 15) is 0 Å². The Morgan fingerprint density at radius 1 is 1.36 bits per heavy atom. The Hall–Kier alpha value is -1.08. The minimum atomic E-state index is 0.123. The number of allylic oxidation sites excluding steroid dienone is 1. The lowest BCUT2D eigenvalue weighted by atomic mass is 9.98. The molecule has 1 aliphatic carbocycles. The van der Waals surface area contributed by atoms with Crippen LogP contribution in [0.3, 0.4) is 0 Å². The summed E-state index contributed by atoms with van der Waals surface area (Å²) < 4.78 is 0. The zero-order valence-corrected chi connectivity index (χ0v) is 8.66. The first-order chi connectivity index (χ1) is 6.77. The average Bonchev–Trinajstić information content (AvgIpc) is 2.69. The van der Waals surface area contributed by atoms with Crippen molar-refractivity contribution in [3.8, 4) is 0 Å². The molecule has 1 heteroatoms. The first-order valence-electron chi connectivity index (χ1n) is 5.28. The summed E-state index contributed by atoms with van der Waals surface area (Å²) in [6.07, 6.45) is 5.95. The normalized spacial score (nSPS) is 18.0. The van der Waals surface area contributed by atoms with Gasteiger partial charge < -0.3 is 5.73 Å². The summed E-state index contributed by atoms with van der Waals surface area (Å²) in [4.78, 5) is 0. The number of rotatable bonds is 2. The molecule has 1 aromatic rings. The van der Waals surface area contributed by atoms with E-state index < -0.39 is 0 Å². The van der Waals surface area contributed by atoms with Crippen molar-refractivity contribution in [2.24, 2.45) is 5.73 Å². The van der Waals surface area contributed by atoms with Gasteiger partial charge in [0.15, 0.2) is 0 Å². The van der Waals surface area contributed by atoms with Gasteiger partial charge >= 0.3 is 0 Å². The van der Waals surface area contributed by atoms with E-state index in [1.54, 1.807) is 0 Å². The fourth-order valence-electron chi connectivity index (χ4n) is 2.06. The van der Waals surface area contributed by atoms with E-state index in [1.165, 1.54) is 36.0 Å². The van der Waals surface area contributed by atoms with Crippen LogP contribution in [-0.2, 0) is 0 Å². The predicted octanol–water partition coefficient (Wildman–Crippen LogP) is 3.11. The van der Waals surface area contributed by atoms with Crippen LogP contribution in [0.25, 0.3) is 0 Å². The van der Waals surface area contributed by atoms with Crippen LogP contribution >= 0.6 is 0 Å². The standard InChI is InChI=1S/C13H17N/c1-10-5-4-8-12(9-10)13(14)11-6-2-3-7-11/h4-6,8-9,13H,2-3,7,14H2,1H3. The van der Waals surface area contributed by atoms with Gasteiger partial charge in [-0.25, -0.2) is 0 Å². The lowest BCUT2D eigenvalue weighted by Crippen LogP contribution is -2.12. The molecule has 0 aromatic heterocycles. The monoisotopic (exact) mass is 187 g/mol. The van der Waals surface area contributed by atoms with Crippen LogP contribution < -0.4 is 5.73 Å². The highest BCUT2D eigenvalue weighted by molar-refractivity contribution is 5.31. The Bertz CT molecular complexity index is 352. The average molecular weight is 187 g/mol. The minimum Gasteiger partial charge on any atom is -0.321 e. The molecule has 0 aliphatic heterocycles. The SMILES string of the molecule is Cc1cccc(C(N)C2=CCCC2)c1. The molecule has 0 fully saturated rings. The molecule has 1 nitrogen and oxygen atoms in total. The van der Waals surface area contributed by atoms with E-state index in [0.29, 0.717) is 0 Å². The van der Waals surface area contributed by atoms with Crippen molar-refractivity contribution in [1.29, 1.82) is 0 Å². The van der Waals surface area contributed by atoms with Gasteiger partial charge in [0.1, 0.15) is 0 Å². The van der Waals surface area contributed by atoms with Gasteiger partial charge in [0.2, 0.25) is 0 Å². The molecule has 1 aromatic carbocycles. The maximum absolute atomic E-state index is 6.20. The highest BCUT2D eigenvalue weighted by Gasteiger charge is 2.14. The third kappa shape index (κ3) is 1.88. The zero-order valence-electron chi connectivity index (χ0n) is 8.66. The maximum Gasteiger partial charge on any atom is 0.0511 e. The van der Waals surface area contributed by atoms with Crippen LogP contribution in [0.1, 0.15) is 36.4 Å². The Balaban J connectivity index is 2.22. The number of hydrogen-bond acceptors (Lipinski definition) is 1. The molecule has 2 N–H and O–H groups in total. The van der Waals surface area contributed by atoms with Crippen molar-refractivity contribution in [2.75, 3.05) is 0 Å². The van der Waals surface area contributed by atoms with Gasteiger partial charge in [-0.1, -0.05) is 41.5 Å². The van der Waals surface area contributed by atoms with E-state index in [4.69, 9.17) is 5.73 Å². The number of nitrogens with two attached hydrogens (primary N) is 1. The third-order valence-electron chi connectivity index (χ3n) is 2.88. The molecule has 1 atom stereocenters. The number of aryl methyl sites for hydroxylation is 1. The van der Waals surface area contributed by atoms with E-state index in [-0.39, 0.29) is 6.04 Å². The van der Waals surface area contributed by atoms with Gasteiger partial charge in [-0.15, -0.1) is 0 Å². The van der Waals surface area contributed by atoms with E-state index in [1.807, 2.05) is 0 Å². The Labute approximate surface area is 85.6 Å². The van der Waals surface area contributed by atoms with Crippen molar-refractivity contribution in [3.63, 3.8) is 0 Å². The van der Waals surface area contributed by atoms with Gasteiger partial charge in [-0.2, -0.15) is 0 Å². The van der Waals surface area contributed by atoms with Crippen LogP contribution in [0.4, 0.5) is 0 Å². The molecule has 0 heterocycles. The van der Waals surface area contributed by atoms with Crippen LogP contribution in [-0.4, -0.2) is 0 Å². The Kier molecular flexibility index (Phi) is 2.69. The number of hydrogen-bond donors (Lipinski definition) is 1. The first kappa shape index (κ1) is 9.47. The molecule has 0 amide bonds. The second kappa shape index (κ2) is 3.97. The van der Waals surface area contributed by atoms with Crippen LogP contribution in [0.15, 0.2) is 35.9 Å². The molecule has 0 spiro atoms. The Morgan fingerprint density at radius 3 is 2.86 bits per heavy atom. The van der Waals surface area contributed by atoms with Crippen LogP contribution in [0.2, 0.25) is 0 Å². The van der Waals surface area contributed by atoms with Crippen molar-refractivity contribution >= 4 is 0 Å². The van der Waals surface area contributed by atoms with E-state index >= 15 is 0 Å². The highest BCUT2D eigenvalue weighted by Crippen LogP contribution is 2.28. The molecule has 0 radical (unpaired) electrons. The topological polar surface area (TPSA) is 26.0 Å². The molecule has 1 aliphatic rings. The summed E-state index contributed by atoms with van der Waals surface area (Å²) in [6, 6.07) is 8.62. The second-order valence-electron chi connectivity index (χ2n) is 4.06. The van der Waals surface area contributed by atoms with Crippen LogP contribution in [0.5, 0.6) is 0 Å². The molecule has 74 valence electrons. The molecule has 0 bridgehead atoms. The summed E-state index contributed by atoms with van der Waals surface area (Å²) in [5, 5.41) is 0. The highest BCUT2D eigenvalue weighted by atomic mass is 14.6. The fourth-order valence-corrected chi connectivity index (χ4v) is 2.06. The molecule has 0 saturated carbocycles.